The van der Waals surface area contributed by atoms with Crippen LogP contribution in [-0.2, 0) is 10.0 Å². The Bertz CT molecular complexity index is 788. The molecule has 0 atom stereocenters. The Balaban J connectivity index is 2.30. The van der Waals surface area contributed by atoms with Gasteiger partial charge in [-0.05, 0) is 52.3 Å². The quantitative estimate of drug-likeness (QED) is 0.839. The number of rotatable bonds is 4. The van der Waals surface area contributed by atoms with E-state index in [2.05, 4.69) is 20.7 Å². The first-order valence-electron chi connectivity index (χ1n) is 5.84. The highest BCUT2D eigenvalue weighted by Crippen LogP contribution is 2.22. The van der Waals surface area contributed by atoms with E-state index in [-0.39, 0.29) is 15.6 Å². The van der Waals surface area contributed by atoms with Crippen molar-refractivity contribution in [1.29, 1.82) is 0 Å². The molecule has 0 bridgehead atoms. The number of hydrogen-bond donors (Lipinski definition) is 1. The standard InChI is InChI=1S/C14H11BrFNO3S/c1-21(19,20)17-10-7-5-9(6-8-10)14(18)11-3-2-4-12(15)13(11)16/h2-8,17H,1H3. The smallest absolute Gasteiger partial charge is 0.229 e. The zero-order valence-electron chi connectivity index (χ0n) is 10.9. The molecule has 0 saturated heterocycles. The zero-order chi connectivity index (χ0) is 15.6. The number of nitrogens with one attached hydrogen (secondary N) is 1. The minimum absolute atomic E-state index is 0.0480. The zero-order valence-corrected chi connectivity index (χ0v) is 13.3. The monoisotopic (exact) mass is 371 g/mol. The highest BCUT2D eigenvalue weighted by Gasteiger charge is 2.15. The Labute approximate surface area is 130 Å². The molecular formula is C14H11BrFNO3S. The minimum Gasteiger partial charge on any atom is -0.288 e. The summed E-state index contributed by atoms with van der Waals surface area (Å²) in [7, 11) is -3.38. The van der Waals surface area contributed by atoms with Crippen molar-refractivity contribution in [2.75, 3.05) is 11.0 Å². The van der Waals surface area contributed by atoms with E-state index < -0.39 is 21.6 Å². The van der Waals surface area contributed by atoms with Crippen molar-refractivity contribution < 1.29 is 17.6 Å². The van der Waals surface area contributed by atoms with Crippen LogP contribution in [-0.4, -0.2) is 20.5 Å². The second-order valence-corrected chi connectivity index (χ2v) is 6.98. The number of sulfonamides is 1. The summed E-state index contributed by atoms with van der Waals surface area (Å²) in [5.74, 6) is -1.10. The third-order valence-corrected chi connectivity index (χ3v) is 3.87. The number of carbonyl (C=O) groups excluding carboxylic acids is 1. The fourth-order valence-corrected chi connectivity index (χ4v) is 2.67. The molecule has 2 rings (SSSR count). The molecule has 2 aromatic rings. The third kappa shape index (κ3) is 3.89. The van der Waals surface area contributed by atoms with Crippen LogP contribution in [0.3, 0.4) is 0 Å². The van der Waals surface area contributed by atoms with Crippen LogP contribution in [0.5, 0.6) is 0 Å². The van der Waals surface area contributed by atoms with E-state index in [4.69, 9.17) is 0 Å². The van der Waals surface area contributed by atoms with Gasteiger partial charge in [0.1, 0.15) is 5.82 Å². The third-order valence-electron chi connectivity index (χ3n) is 2.65. The molecule has 7 heteroatoms. The largest absolute Gasteiger partial charge is 0.288 e. The molecule has 0 aliphatic heterocycles. The molecule has 0 amide bonds. The lowest BCUT2D eigenvalue weighted by Gasteiger charge is -2.06. The van der Waals surface area contributed by atoms with Gasteiger partial charge in [-0.25, -0.2) is 12.8 Å². The molecule has 2 aromatic carbocycles. The summed E-state index contributed by atoms with van der Waals surface area (Å²) in [6, 6.07) is 10.2. The molecule has 0 fully saturated rings. The molecule has 0 radical (unpaired) electrons. The van der Waals surface area contributed by atoms with Crippen LogP contribution >= 0.6 is 15.9 Å². The number of ketones is 1. The van der Waals surface area contributed by atoms with E-state index in [0.717, 1.165) is 6.26 Å². The lowest BCUT2D eigenvalue weighted by molar-refractivity contribution is 0.103. The maximum absolute atomic E-state index is 13.9. The highest BCUT2D eigenvalue weighted by molar-refractivity contribution is 9.10. The van der Waals surface area contributed by atoms with Crippen LogP contribution < -0.4 is 4.72 Å². The van der Waals surface area contributed by atoms with Crippen LogP contribution in [0.2, 0.25) is 0 Å². The van der Waals surface area contributed by atoms with Crippen molar-refractivity contribution >= 4 is 37.4 Å². The van der Waals surface area contributed by atoms with Gasteiger partial charge in [-0.1, -0.05) is 6.07 Å². The Morgan fingerprint density at radius 2 is 1.76 bits per heavy atom. The molecule has 0 saturated carbocycles. The topological polar surface area (TPSA) is 63.2 Å². The van der Waals surface area contributed by atoms with Gasteiger partial charge in [0, 0.05) is 11.3 Å². The Morgan fingerprint density at radius 1 is 1.14 bits per heavy atom. The van der Waals surface area contributed by atoms with Crippen molar-refractivity contribution in [3.05, 3.63) is 63.9 Å². The van der Waals surface area contributed by atoms with Crippen LogP contribution in [0.1, 0.15) is 15.9 Å². The molecule has 21 heavy (non-hydrogen) atoms. The summed E-state index contributed by atoms with van der Waals surface area (Å²) < 4.78 is 38.6. The molecule has 0 aliphatic rings. The summed E-state index contributed by atoms with van der Waals surface area (Å²) in [5.41, 5.74) is 0.558. The number of halogens is 2. The van der Waals surface area contributed by atoms with Crippen molar-refractivity contribution in [2.45, 2.75) is 0 Å². The van der Waals surface area contributed by atoms with Crippen LogP contribution in [0.25, 0.3) is 0 Å². The summed E-state index contributed by atoms with van der Waals surface area (Å²) in [4.78, 5) is 12.2. The van der Waals surface area contributed by atoms with Gasteiger partial charge in [0.25, 0.3) is 0 Å². The van der Waals surface area contributed by atoms with Gasteiger partial charge in [0.2, 0.25) is 10.0 Å². The lowest BCUT2D eigenvalue weighted by Crippen LogP contribution is -2.10. The number of carbonyl (C=O) groups is 1. The second kappa shape index (κ2) is 5.95. The van der Waals surface area contributed by atoms with Gasteiger partial charge >= 0.3 is 0 Å². The van der Waals surface area contributed by atoms with E-state index in [1.165, 1.54) is 36.4 Å². The fourth-order valence-electron chi connectivity index (χ4n) is 1.74. The van der Waals surface area contributed by atoms with Crippen molar-refractivity contribution in [2.24, 2.45) is 0 Å². The number of benzene rings is 2. The molecule has 0 spiro atoms. The fraction of sp³-hybridized carbons (Fsp3) is 0.0714. The SMILES string of the molecule is CS(=O)(=O)Nc1ccc(C(=O)c2cccc(Br)c2F)cc1. The summed E-state index contributed by atoms with van der Waals surface area (Å²) in [5, 5.41) is 0. The molecule has 4 nitrogen and oxygen atoms in total. The first-order chi connectivity index (χ1) is 9.78. The van der Waals surface area contributed by atoms with Crippen LogP contribution in [0, 0.1) is 5.82 Å². The van der Waals surface area contributed by atoms with Gasteiger partial charge in [0.05, 0.1) is 16.3 Å². The Morgan fingerprint density at radius 3 is 2.33 bits per heavy atom. The van der Waals surface area contributed by atoms with Gasteiger partial charge in [-0.3, -0.25) is 9.52 Å². The van der Waals surface area contributed by atoms with Crippen molar-refractivity contribution in [1.82, 2.24) is 0 Å². The van der Waals surface area contributed by atoms with Crippen molar-refractivity contribution in [3.8, 4) is 0 Å². The second-order valence-electron chi connectivity index (χ2n) is 4.38. The maximum Gasteiger partial charge on any atom is 0.229 e. The molecule has 0 heterocycles. The Kier molecular flexibility index (Phi) is 4.43. The van der Waals surface area contributed by atoms with E-state index in [9.17, 15) is 17.6 Å². The van der Waals surface area contributed by atoms with Crippen LogP contribution in [0.15, 0.2) is 46.9 Å². The molecule has 0 unspecified atom stereocenters. The van der Waals surface area contributed by atoms with E-state index in [1.54, 1.807) is 6.07 Å². The minimum atomic E-state index is -3.38. The van der Waals surface area contributed by atoms with Gasteiger partial charge < -0.3 is 0 Å². The lowest BCUT2D eigenvalue weighted by atomic mass is 10.0. The average molecular weight is 372 g/mol. The predicted octanol–water partition coefficient (Wildman–Crippen LogP) is 3.19. The van der Waals surface area contributed by atoms with Gasteiger partial charge in [-0.15, -0.1) is 0 Å². The molecular weight excluding hydrogens is 361 g/mol. The summed E-state index contributed by atoms with van der Waals surface area (Å²) in [6.07, 6.45) is 1.03. The van der Waals surface area contributed by atoms with Gasteiger partial charge in [-0.2, -0.15) is 0 Å². The summed E-state index contributed by atoms with van der Waals surface area (Å²) >= 11 is 3.03. The molecule has 110 valence electrons. The first kappa shape index (κ1) is 15.7. The number of hydrogen-bond acceptors (Lipinski definition) is 3. The molecule has 1 N–H and O–H groups in total. The molecule has 0 aromatic heterocycles. The van der Waals surface area contributed by atoms with E-state index in [0.29, 0.717) is 5.69 Å². The van der Waals surface area contributed by atoms with Crippen LogP contribution in [0.4, 0.5) is 10.1 Å². The first-order valence-corrected chi connectivity index (χ1v) is 8.53. The normalized spacial score (nSPS) is 11.2. The maximum atomic E-state index is 13.9. The van der Waals surface area contributed by atoms with E-state index in [1.807, 2.05) is 0 Å². The number of anilines is 1. The highest BCUT2D eigenvalue weighted by atomic mass is 79.9. The average Bonchev–Trinajstić information content (AvgIpc) is 2.40. The predicted molar refractivity (Wildman–Crippen MR) is 82.4 cm³/mol. The van der Waals surface area contributed by atoms with E-state index >= 15 is 0 Å². The molecule has 0 aliphatic carbocycles. The summed E-state index contributed by atoms with van der Waals surface area (Å²) in [6.45, 7) is 0. The van der Waals surface area contributed by atoms with Crippen molar-refractivity contribution in [3.63, 3.8) is 0 Å². The Hall–Kier alpha value is -1.73. The van der Waals surface area contributed by atoms with Gasteiger partial charge in [0.15, 0.2) is 5.78 Å².